The third-order valence-electron chi connectivity index (χ3n) is 3.16. The summed E-state index contributed by atoms with van der Waals surface area (Å²) in [7, 11) is 1.80. The number of rotatable bonds is 3. The Labute approximate surface area is 106 Å². The highest BCUT2D eigenvalue weighted by Crippen LogP contribution is 2.22. The summed E-state index contributed by atoms with van der Waals surface area (Å²) < 4.78 is 6.59. The molecule has 3 heteroatoms. The van der Waals surface area contributed by atoms with Crippen LogP contribution < -0.4 is 0 Å². The van der Waals surface area contributed by atoms with E-state index in [2.05, 4.69) is 46.0 Å². The molecule has 0 spiro atoms. The molecule has 0 radical (unpaired) electrons. The van der Waals surface area contributed by atoms with Gasteiger partial charge in [0.1, 0.15) is 0 Å². The average molecular weight is 284 g/mol. The second-order valence-corrected chi connectivity index (χ2v) is 5.33. The van der Waals surface area contributed by atoms with Crippen LogP contribution in [0.5, 0.6) is 0 Å². The van der Waals surface area contributed by atoms with E-state index >= 15 is 0 Å². The molecular formula is C13H18BrNO. The standard InChI is InChI=1S/C13H18BrNO/c1-10-3-4-11(13(14)7-10)8-15-6-5-12(9-15)16-2/h3-4,7,12H,5-6,8-9H2,1-2H3/t12-/m1/s1. The number of hydrogen-bond acceptors (Lipinski definition) is 2. The van der Waals surface area contributed by atoms with Gasteiger partial charge in [0.25, 0.3) is 0 Å². The lowest BCUT2D eigenvalue weighted by Gasteiger charge is -2.16. The first-order chi connectivity index (χ1) is 7.69. The molecule has 0 aromatic heterocycles. The largest absolute Gasteiger partial charge is 0.380 e. The van der Waals surface area contributed by atoms with Crippen LogP contribution in [0, 0.1) is 6.92 Å². The van der Waals surface area contributed by atoms with E-state index in [4.69, 9.17) is 4.74 Å². The minimum atomic E-state index is 0.421. The summed E-state index contributed by atoms with van der Waals surface area (Å²) in [5, 5.41) is 0. The maximum absolute atomic E-state index is 5.38. The first-order valence-corrected chi connectivity index (χ1v) is 6.48. The third kappa shape index (κ3) is 2.84. The van der Waals surface area contributed by atoms with Crippen molar-refractivity contribution in [3.63, 3.8) is 0 Å². The lowest BCUT2D eigenvalue weighted by Crippen LogP contribution is -2.22. The number of likely N-dealkylation sites (tertiary alicyclic amines) is 1. The molecule has 0 amide bonds. The van der Waals surface area contributed by atoms with Gasteiger partial charge < -0.3 is 4.74 Å². The van der Waals surface area contributed by atoms with Gasteiger partial charge in [-0.15, -0.1) is 0 Å². The molecule has 1 saturated heterocycles. The van der Waals surface area contributed by atoms with Gasteiger partial charge in [-0.1, -0.05) is 28.1 Å². The van der Waals surface area contributed by atoms with Crippen LogP contribution >= 0.6 is 15.9 Å². The van der Waals surface area contributed by atoms with Crippen molar-refractivity contribution in [2.24, 2.45) is 0 Å². The molecule has 1 aliphatic rings. The maximum Gasteiger partial charge on any atom is 0.0710 e. The van der Waals surface area contributed by atoms with Crippen LogP contribution in [0.15, 0.2) is 22.7 Å². The number of hydrogen-bond donors (Lipinski definition) is 0. The van der Waals surface area contributed by atoms with Gasteiger partial charge in [0.2, 0.25) is 0 Å². The van der Waals surface area contributed by atoms with Crippen molar-refractivity contribution >= 4 is 15.9 Å². The van der Waals surface area contributed by atoms with Crippen LogP contribution in [0.3, 0.4) is 0 Å². The van der Waals surface area contributed by atoms with E-state index in [1.165, 1.54) is 15.6 Å². The topological polar surface area (TPSA) is 12.5 Å². The van der Waals surface area contributed by atoms with Gasteiger partial charge in [0, 0.05) is 31.2 Å². The molecule has 2 nitrogen and oxygen atoms in total. The van der Waals surface area contributed by atoms with Gasteiger partial charge >= 0.3 is 0 Å². The highest BCUT2D eigenvalue weighted by molar-refractivity contribution is 9.10. The first kappa shape index (κ1) is 12.1. The number of halogens is 1. The van der Waals surface area contributed by atoms with E-state index in [1.54, 1.807) is 7.11 Å². The molecule has 1 aromatic rings. The normalized spacial score (nSPS) is 21.6. The van der Waals surface area contributed by atoms with Gasteiger partial charge in [-0.3, -0.25) is 4.90 Å². The monoisotopic (exact) mass is 283 g/mol. The molecule has 0 unspecified atom stereocenters. The van der Waals surface area contributed by atoms with Crippen molar-refractivity contribution in [2.45, 2.75) is 26.0 Å². The zero-order valence-electron chi connectivity index (χ0n) is 9.87. The number of ether oxygens (including phenoxy) is 1. The summed E-state index contributed by atoms with van der Waals surface area (Å²) in [6.07, 6.45) is 1.57. The van der Waals surface area contributed by atoms with Gasteiger partial charge in [-0.05, 0) is 30.5 Å². The smallest absolute Gasteiger partial charge is 0.0710 e. The van der Waals surface area contributed by atoms with Crippen molar-refractivity contribution in [3.8, 4) is 0 Å². The molecule has 0 bridgehead atoms. The summed E-state index contributed by atoms with van der Waals surface area (Å²) in [5.74, 6) is 0. The molecule has 1 fully saturated rings. The lowest BCUT2D eigenvalue weighted by molar-refractivity contribution is 0.107. The molecule has 1 aromatic carbocycles. The summed E-state index contributed by atoms with van der Waals surface area (Å²) in [6.45, 7) is 5.32. The van der Waals surface area contributed by atoms with Crippen LogP contribution in [-0.4, -0.2) is 31.2 Å². The van der Waals surface area contributed by atoms with Gasteiger partial charge in [-0.25, -0.2) is 0 Å². The van der Waals surface area contributed by atoms with E-state index < -0.39 is 0 Å². The minimum Gasteiger partial charge on any atom is -0.380 e. The predicted octanol–water partition coefficient (Wildman–Crippen LogP) is 2.98. The summed E-state index contributed by atoms with van der Waals surface area (Å²) in [5.41, 5.74) is 2.66. The molecule has 0 aliphatic carbocycles. The Kier molecular flexibility index (Phi) is 4.00. The second kappa shape index (κ2) is 5.30. The second-order valence-electron chi connectivity index (χ2n) is 4.48. The minimum absolute atomic E-state index is 0.421. The predicted molar refractivity (Wildman–Crippen MR) is 69.6 cm³/mol. The Morgan fingerprint density at radius 3 is 2.94 bits per heavy atom. The fourth-order valence-corrected chi connectivity index (χ4v) is 2.77. The van der Waals surface area contributed by atoms with E-state index in [0.29, 0.717) is 6.10 Å². The highest BCUT2D eigenvalue weighted by Gasteiger charge is 2.22. The molecule has 0 saturated carbocycles. The molecule has 88 valence electrons. The highest BCUT2D eigenvalue weighted by atomic mass is 79.9. The van der Waals surface area contributed by atoms with Crippen LogP contribution in [0.4, 0.5) is 0 Å². The molecule has 1 aliphatic heterocycles. The van der Waals surface area contributed by atoms with Gasteiger partial charge in [0.05, 0.1) is 6.10 Å². The molecule has 1 heterocycles. The summed E-state index contributed by atoms with van der Waals surface area (Å²) in [6, 6.07) is 6.56. The zero-order valence-corrected chi connectivity index (χ0v) is 11.5. The number of methoxy groups -OCH3 is 1. The molecule has 16 heavy (non-hydrogen) atoms. The van der Waals surface area contributed by atoms with Crippen LogP contribution in [-0.2, 0) is 11.3 Å². The van der Waals surface area contributed by atoms with E-state index in [-0.39, 0.29) is 0 Å². The fraction of sp³-hybridized carbons (Fsp3) is 0.538. The summed E-state index contributed by atoms with van der Waals surface area (Å²) >= 11 is 3.63. The van der Waals surface area contributed by atoms with Crippen molar-refractivity contribution in [1.29, 1.82) is 0 Å². The lowest BCUT2D eigenvalue weighted by atomic mass is 10.1. The molecular weight excluding hydrogens is 266 g/mol. The van der Waals surface area contributed by atoms with E-state index in [9.17, 15) is 0 Å². The quantitative estimate of drug-likeness (QED) is 0.846. The van der Waals surface area contributed by atoms with Crippen molar-refractivity contribution < 1.29 is 4.74 Å². The molecule has 1 atom stereocenters. The van der Waals surface area contributed by atoms with Crippen molar-refractivity contribution in [2.75, 3.05) is 20.2 Å². The number of aryl methyl sites for hydroxylation is 1. The van der Waals surface area contributed by atoms with E-state index in [0.717, 1.165) is 26.1 Å². The van der Waals surface area contributed by atoms with Crippen molar-refractivity contribution in [1.82, 2.24) is 4.90 Å². The van der Waals surface area contributed by atoms with Gasteiger partial charge in [-0.2, -0.15) is 0 Å². The third-order valence-corrected chi connectivity index (χ3v) is 3.90. The average Bonchev–Trinajstić information content (AvgIpc) is 2.70. The van der Waals surface area contributed by atoms with Crippen LogP contribution in [0.2, 0.25) is 0 Å². The van der Waals surface area contributed by atoms with Crippen LogP contribution in [0.1, 0.15) is 17.5 Å². The number of nitrogens with zero attached hydrogens (tertiary/aromatic N) is 1. The zero-order chi connectivity index (χ0) is 11.5. The van der Waals surface area contributed by atoms with Crippen molar-refractivity contribution in [3.05, 3.63) is 33.8 Å². The van der Waals surface area contributed by atoms with Crippen LogP contribution in [0.25, 0.3) is 0 Å². The Balaban J connectivity index is 1.99. The maximum atomic E-state index is 5.38. The summed E-state index contributed by atoms with van der Waals surface area (Å²) in [4.78, 5) is 2.45. The Bertz CT molecular complexity index is 367. The Morgan fingerprint density at radius 2 is 2.31 bits per heavy atom. The number of benzene rings is 1. The van der Waals surface area contributed by atoms with E-state index in [1.807, 2.05) is 0 Å². The molecule has 2 rings (SSSR count). The SMILES string of the molecule is CO[C@@H]1CCN(Cc2ccc(C)cc2Br)C1. The van der Waals surface area contributed by atoms with Gasteiger partial charge in [0.15, 0.2) is 0 Å². The Morgan fingerprint density at radius 1 is 1.50 bits per heavy atom. The fourth-order valence-electron chi connectivity index (χ4n) is 2.15. The molecule has 0 N–H and O–H groups in total. The Hall–Kier alpha value is -0.380. The first-order valence-electron chi connectivity index (χ1n) is 5.69.